The summed E-state index contributed by atoms with van der Waals surface area (Å²) in [5.74, 6) is 0.321. The van der Waals surface area contributed by atoms with Crippen LogP contribution >= 0.6 is 11.3 Å². The molecule has 1 atom stereocenters. The first-order valence-corrected chi connectivity index (χ1v) is 13.9. The molecule has 1 amide bonds. The van der Waals surface area contributed by atoms with Gasteiger partial charge in [0.2, 0.25) is 5.91 Å². The molecule has 40 heavy (non-hydrogen) atoms. The van der Waals surface area contributed by atoms with Crippen molar-refractivity contribution in [1.82, 2.24) is 19.9 Å². The number of carbonyl (C=O) groups is 1. The van der Waals surface area contributed by atoms with E-state index in [9.17, 15) is 14.3 Å². The maximum Gasteiger partial charge on any atom is 0.318 e. The Hall–Kier alpha value is -3.87. The summed E-state index contributed by atoms with van der Waals surface area (Å²) >= 11 is 1.30. The summed E-state index contributed by atoms with van der Waals surface area (Å²) in [4.78, 5) is 29.0. The molecular weight excluding hydrogens is 535 g/mol. The average molecular weight is 567 g/mol. The third-order valence-electron chi connectivity index (χ3n) is 6.67. The number of aliphatic hydroxyl groups is 1. The molecule has 0 radical (unpaired) electrons. The Labute approximate surface area is 235 Å². The molecule has 5 rings (SSSR count). The normalized spacial score (nSPS) is 15.3. The standard InChI is InChI=1S/C28H31FN6O4S/c1-38-19-9-10-23-21(14-19)26(33-27(32-23)39-13-5-12-35-11-4-6-18(35)17-36)34-28-30-16-20(40-28)15-25(37)31-24-8-3-2-7-22(24)29/h2-3,7-10,14,16,18,36H,4-6,11-13,15,17H2,1H3,(H,31,37)(H,30,32,33,34)/t18-/m1/s1. The number of amides is 1. The zero-order valence-corrected chi connectivity index (χ0v) is 22.9. The Morgan fingerprint density at radius 2 is 2.12 bits per heavy atom. The van der Waals surface area contributed by atoms with Crippen LogP contribution in [0.15, 0.2) is 48.7 Å². The van der Waals surface area contributed by atoms with E-state index in [0.29, 0.717) is 33.7 Å². The van der Waals surface area contributed by atoms with Crippen molar-refractivity contribution >= 4 is 44.8 Å². The number of methoxy groups -OCH3 is 1. The largest absolute Gasteiger partial charge is 0.497 e. The van der Waals surface area contributed by atoms with Crippen LogP contribution in [0.5, 0.6) is 11.8 Å². The molecule has 0 aliphatic carbocycles. The van der Waals surface area contributed by atoms with Crippen molar-refractivity contribution in [2.45, 2.75) is 31.7 Å². The number of carbonyl (C=O) groups excluding carboxylic acids is 1. The average Bonchev–Trinajstić information content (AvgIpc) is 3.61. The molecule has 12 heteroatoms. The second kappa shape index (κ2) is 13.0. The first kappa shape index (κ1) is 27.7. The van der Waals surface area contributed by atoms with Gasteiger partial charge in [0.15, 0.2) is 5.13 Å². The summed E-state index contributed by atoms with van der Waals surface area (Å²) in [6.45, 7) is 2.46. The van der Waals surface area contributed by atoms with E-state index >= 15 is 0 Å². The molecule has 1 saturated heterocycles. The smallest absolute Gasteiger partial charge is 0.318 e. The summed E-state index contributed by atoms with van der Waals surface area (Å²) in [7, 11) is 1.59. The first-order valence-electron chi connectivity index (χ1n) is 13.1. The number of rotatable bonds is 12. The minimum Gasteiger partial charge on any atom is -0.497 e. The lowest BCUT2D eigenvalue weighted by Crippen LogP contribution is -2.33. The van der Waals surface area contributed by atoms with Gasteiger partial charge in [-0.2, -0.15) is 9.97 Å². The highest BCUT2D eigenvalue weighted by atomic mass is 32.1. The third-order valence-corrected chi connectivity index (χ3v) is 7.59. The Kier molecular flexibility index (Phi) is 8.99. The molecule has 2 aromatic heterocycles. The number of para-hydroxylation sites is 1. The molecule has 10 nitrogen and oxygen atoms in total. The summed E-state index contributed by atoms with van der Waals surface area (Å²) in [6.07, 6.45) is 4.57. The van der Waals surface area contributed by atoms with Crippen LogP contribution in [0.3, 0.4) is 0 Å². The van der Waals surface area contributed by atoms with Crippen LogP contribution in [0.2, 0.25) is 0 Å². The van der Waals surface area contributed by atoms with Crippen molar-refractivity contribution in [3.63, 3.8) is 0 Å². The molecule has 0 saturated carbocycles. The minimum absolute atomic E-state index is 0.0501. The monoisotopic (exact) mass is 566 g/mol. The second-order valence-corrected chi connectivity index (χ2v) is 10.5. The number of nitrogens with one attached hydrogen (secondary N) is 2. The van der Waals surface area contributed by atoms with Crippen molar-refractivity contribution in [2.75, 3.05) is 44.0 Å². The zero-order valence-electron chi connectivity index (χ0n) is 22.1. The van der Waals surface area contributed by atoms with Crippen molar-refractivity contribution in [2.24, 2.45) is 0 Å². The Morgan fingerprint density at radius 1 is 1.25 bits per heavy atom. The minimum atomic E-state index is -0.489. The lowest BCUT2D eigenvalue weighted by molar-refractivity contribution is -0.115. The van der Waals surface area contributed by atoms with E-state index in [2.05, 4.69) is 30.5 Å². The van der Waals surface area contributed by atoms with E-state index in [-0.39, 0.29) is 36.7 Å². The number of likely N-dealkylation sites (tertiary alicyclic amines) is 1. The van der Waals surface area contributed by atoms with Crippen molar-refractivity contribution in [1.29, 1.82) is 0 Å². The van der Waals surface area contributed by atoms with Gasteiger partial charge in [-0.15, -0.1) is 11.3 Å². The van der Waals surface area contributed by atoms with Gasteiger partial charge in [-0.05, 0) is 56.1 Å². The Balaban J connectivity index is 1.26. The fraction of sp³-hybridized carbons (Fsp3) is 0.357. The van der Waals surface area contributed by atoms with Crippen LogP contribution in [0.4, 0.5) is 21.0 Å². The van der Waals surface area contributed by atoms with Crippen LogP contribution in [0, 0.1) is 5.82 Å². The second-order valence-electron chi connectivity index (χ2n) is 9.42. The number of aromatic nitrogens is 3. The van der Waals surface area contributed by atoms with E-state index in [1.54, 1.807) is 25.4 Å². The predicted octanol–water partition coefficient (Wildman–Crippen LogP) is 4.38. The number of hydrogen-bond donors (Lipinski definition) is 3. The van der Waals surface area contributed by atoms with Crippen molar-refractivity contribution in [3.8, 4) is 11.8 Å². The van der Waals surface area contributed by atoms with Gasteiger partial charge in [0.1, 0.15) is 17.4 Å². The summed E-state index contributed by atoms with van der Waals surface area (Å²) in [6, 6.07) is 12.0. The number of nitrogens with zero attached hydrogens (tertiary/aromatic N) is 4. The number of anilines is 3. The Morgan fingerprint density at radius 3 is 2.95 bits per heavy atom. The molecular formula is C28H31FN6O4S. The van der Waals surface area contributed by atoms with E-state index in [1.807, 2.05) is 18.2 Å². The molecule has 1 aliphatic heterocycles. The number of hydrogen-bond acceptors (Lipinski definition) is 10. The zero-order chi connectivity index (χ0) is 27.9. The molecule has 3 heterocycles. The van der Waals surface area contributed by atoms with Crippen LogP contribution in [0.1, 0.15) is 24.1 Å². The number of thiazole rings is 1. The molecule has 3 N–H and O–H groups in total. The third kappa shape index (κ3) is 6.82. The predicted molar refractivity (Wildman–Crippen MR) is 152 cm³/mol. The molecule has 0 unspecified atom stereocenters. The van der Waals surface area contributed by atoms with Crippen molar-refractivity contribution in [3.05, 3.63) is 59.4 Å². The van der Waals surface area contributed by atoms with Gasteiger partial charge in [-0.1, -0.05) is 12.1 Å². The maximum absolute atomic E-state index is 13.9. The molecule has 2 aromatic carbocycles. The highest BCUT2D eigenvalue weighted by Crippen LogP contribution is 2.31. The van der Waals surface area contributed by atoms with E-state index < -0.39 is 5.82 Å². The molecule has 1 fully saturated rings. The fourth-order valence-electron chi connectivity index (χ4n) is 4.66. The quantitative estimate of drug-likeness (QED) is 0.214. The number of halogens is 1. The molecule has 0 spiro atoms. The van der Waals surface area contributed by atoms with E-state index in [4.69, 9.17) is 9.47 Å². The van der Waals surface area contributed by atoms with Gasteiger partial charge < -0.3 is 25.2 Å². The van der Waals surface area contributed by atoms with Crippen molar-refractivity contribution < 1.29 is 23.8 Å². The van der Waals surface area contributed by atoms with E-state index in [1.165, 1.54) is 23.5 Å². The topological polar surface area (TPSA) is 122 Å². The van der Waals surface area contributed by atoms with Crippen LogP contribution in [-0.2, 0) is 11.2 Å². The molecule has 0 bridgehead atoms. The molecule has 4 aromatic rings. The fourth-order valence-corrected chi connectivity index (χ4v) is 5.47. The lowest BCUT2D eigenvalue weighted by atomic mass is 10.2. The van der Waals surface area contributed by atoms with Gasteiger partial charge in [0, 0.05) is 29.0 Å². The van der Waals surface area contributed by atoms with Crippen LogP contribution < -0.4 is 20.1 Å². The Bertz CT molecular complexity index is 1470. The number of ether oxygens (including phenoxy) is 2. The SMILES string of the molecule is COc1ccc2nc(OCCCN3CCC[C@@H]3CO)nc(Nc3ncc(CC(=O)Nc4ccccc4F)s3)c2c1. The summed E-state index contributed by atoms with van der Waals surface area (Å²) in [5.41, 5.74) is 0.812. The summed E-state index contributed by atoms with van der Waals surface area (Å²) in [5, 5.41) is 16.6. The first-order chi connectivity index (χ1) is 19.5. The summed E-state index contributed by atoms with van der Waals surface area (Å²) < 4.78 is 25.2. The highest BCUT2D eigenvalue weighted by Gasteiger charge is 2.23. The van der Waals surface area contributed by atoms with Crippen LogP contribution in [-0.4, -0.2) is 70.3 Å². The number of fused-ring (bicyclic) bond motifs is 1. The highest BCUT2D eigenvalue weighted by molar-refractivity contribution is 7.15. The lowest BCUT2D eigenvalue weighted by Gasteiger charge is -2.22. The molecule has 1 aliphatic rings. The van der Waals surface area contributed by atoms with Crippen LogP contribution in [0.25, 0.3) is 10.9 Å². The number of aliphatic hydroxyl groups excluding tert-OH is 1. The maximum atomic E-state index is 13.9. The van der Waals surface area contributed by atoms with Gasteiger partial charge in [-0.3, -0.25) is 9.69 Å². The molecule has 210 valence electrons. The van der Waals surface area contributed by atoms with Gasteiger partial charge in [0.25, 0.3) is 0 Å². The van der Waals surface area contributed by atoms with E-state index in [0.717, 1.165) is 37.7 Å². The van der Waals surface area contributed by atoms with Gasteiger partial charge in [0.05, 0.1) is 37.9 Å². The number of benzene rings is 2. The van der Waals surface area contributed by atoms with Gasteiger partial charge in [-0.25, -0.2) is 9.37 Å². The van der Waals surface area contributed by atoms with Gasteiger partial charge >= 0.3 is 6.01 Å².